The van der Waals surface area contributed by atoms with E-state index in [0.29, 0.717) is 4.96 Å². The van der Waals surface area contributed by atoms with E-state index >= 15 is 0 Å². The second-order valence-corrected chi connectivity index (χ2v) is 6.44. The first-order valence-corrected chi connectivity index (χ1v) is 7.81. The predicted molar refractivity (Wildman–Crippen MR) is 72.9 cm³/mol. The Balaban J connectivity index is 1.96. The fourth-order valence-corrected chi connectivity index (χ4v) is 3.37. The third-order valence-electron chi connectivity index (χ3n) is 2.53. The van der Waals surface area contributed by atoms with Gasteiger partial charge in [-0.2, -0.15) is 4.98 Å². The number of sulfonamides is 1. The van der Waals surface area contributed by atoms with E-state index in [0.717, 1.165) is 5.69 Å². The Morgan fingerprint density at radius 3 is 2.68 bits per heavy atom. The summed E-state index contributed by atoms with van der Waals surface area (Å²) in [6, 6.07) is 8.13. The van der Waals surface area contributed by atoms with Gasteiger partial charge in [0.15, 0.2) is 0 Å². The Kier molecular flexibility index (Phi) is 2.76. The van der Waals surface area contributed by atoms with Crippen molar-refractivity contribution >= 4 is 32.3 Å². The Morgan fingerprint density at radius 1 is 1.26 bits per heavy atom. The smallest absolute Gasteiger partial charge is 0.246 e. The topological polar surface area (TPSA) is 76.4 Å². The van der Waals surface area contributed by atoms with Gasteiger partial charge < -0.3 is 0 Å². The standard InChI is InChI=1S/C11H10N4O2S2/c1-8-7-18-11-12-10(13-15(8)11)14-19(16,17)9-5-3-2-4-6-9/h2-7H,1H3,(H,13,14). The molecule has 0 fully saturated rings. The van der Waals surface area contributed by atoms with Crippen LogP contribution >= 0.6 is 11.3 Å². The third kappa shape index (κ3) is 2.20. The van der Waals surface area contributed by atoms with Gasteiger partial charge in [-0.3, -0.25) is 0 Å². The van der Waals surface area contributed by atoms with E-state index in [1.54, 1.807) is 22.7 Å². The van der Waals surface area contributed by atoms with Crippen LogP contribution in [0.4, 0.5) is 5.95 Å². The molecule has 0 unspecified atom stereocenters. The summed E-state index contributed by atoms with van der Waals surface area (Å²) in [6.45, 7) is 1.88. The maximum absolute atomic E-state index is 12.1. The number of aryl methyl sites for hydroxylation is 1. The van der Waals surface area contributed by atoms with Crippen LogP contribution in [-0.2, 0) is 10.0 Å². The lowest BCUT2D eigenvalue weighted by Crippen LogP contribution is -2.14. The summed E-state index contributed by atoms with van der Waals surface area (Å²) >= 11 is 1.41. The SMILES string of the molecule is Cc1csc2nc(NS(=O)(=O)c3ccccc3)nn12. The van der Waals surface area contributed by atoms with Crippen molar-refractivity contribution in [2.75, 3.05) is 4.72 Å². The molecule has 0 amide bonds. The van der Waals surface area contributed by atoms with Gasteiger partial charge in [0.25, 0.3) is 16.0 Å². The lowest BCUT2D eigenvalue weighted by atomic mass is 10.4. The highest BCUT2D eigenvalue weighted by molar-refractivity contribution is 7.92. The van der Waals surface area contributed by atoms with Crippen LogP contribution in [0.15, 0.2) is 40.6 Å². The van der Waals surface area contributed by atoms with E-state index < -0.39 is 10.0 Å². The summed E-state index contributed by atoms with van der Waals surface area (Å²) < 4.78 is 28.2. The van der Waals surface area contributed by atoms with Crippen LogP contribution in [0.5, 0.6) is 0 Å². The average molecular weight is 294 g/mol. The Hall–Kier alpha value is -1.93. The molecule has 1 N–H and O–H groups in total. The molecule has 0 aliphatic rings. The van der Waals surface area contributed by atoms with Gasteiger partial charge in [-0.25, -0.2) is 17.7 Å². The van der Waals surface area contributed by atoms with Crippen molar-refractivity contribution in [3.05, 3.63) is 41.4 Å². The van der Waals surface area contributed by atoms with Crippen LogP contribution in [-0.4, -0.2) is 23.0 Å². The monoisotopic (exact) mass is 294 g/mol. The Bertz CT molecular complexity index is 821. The molecule has 3 rings (SSSR count). The first kappa shape index (κ1) is 12.1. The maximum Gasteiger partial charge on any atom is 0.264 e. The number of benzene rings is 1. The van der Waals surface area contributed by atoms with Crippen molar-refractivity contribution in [1.29, 1.82) is 0 Å². The number of thiazole rings is 1. The number of rotatable bonds is 3. The fourth-order valence-electron chi connectivity index (χ4n) is 1.61. The lowest BCUT2D eigenvalue weighted by Gasteiger charge is -2.03. The first-order chi connectivity index (χ1) is 9.06. The van der Waals surface area contributed by atoms with Gasteiger partial charge in [0.05, 0.1) is 10.6 Å². The molecule has 0 radical (unpaired) electrons. The second-order valence-electron chi connectivity index (χ2n) is 3.93. The number of nitrogens with one attached hydrogen (secondary N) is 1. The number of hydrogen-bond donors (Lipinski definition) is 1. The van der Waals surface area contributed by atoms with Crippen molar-refractivity contribution in [2.45, 2.75) is 11.8 Å². The van der Waals surface area contributed by atoms with Gasteiger partial charge in [-0.05, 0) is 19.1 Å². The molecule has 0 aliphatic heterocycles. The van der Waals surface area contributed by atoms with Crippen LogP contribution in [0.2, 0.25) is 0 Å². The molecule has 1 aromatic carbocycles. The van der Waals surface area contributed by atoms with E-state index in [9.17, 15) is 8.42 Å². The normalized spacial score (nSPS) is 11.8. The van der Waals surface area contributed by atoms with E-state index in [4.69, 9.17) is 0 Å². The molecule has 0 aliphatic carbocycles. The van der Waals surface area contributed by atoms with Gasteiger partial charge in [-0.15, -0.1) is 16.4 Å². The number of nitrogens with zero attached hydrogens (tertiary/aromatic N) is 3. The van der Waals surface area contributed by atoms with Crippen molar-refractivity contribution < 1.29 is 8.42 Å². The number of hydrogen-bond acceptors (Lipinski definition) is 5. The largest absolute Gasteiger partial charge is 0.264 e. The summed E-state index contributed by atoms with van der Waals surface area (Å²) in [5.41, 5.74) is 0.914. The van der Waals surface area contributed by atoms with E-state index in [2.05, 4.69) is 14.8 Å². The fraction of sp³-hybridized carbons (Fsp3) is 0.0909. The minimum absolute atomic E-state index is 0.0822. The molecule has 2 aromatic heterocycles. The molecular formula is C11H10N4O2S2. The minimum Gasteiger partial charge on any atom is -0.246 e. The zero-order valence-corrected chi connectivity index (χ0v) is 11.6. The van der Waals surface area contributed by atoms with Crippen molar-refractivity contribution in [3.8, 4) is 0 Å². The lowest BCUT2D eigenvalue weighted by molar-refractivity contribution is 0.601. The Labute approximate surface area is 113 Å². The molecule has 0 bridgehead atoms. The molecule has 98 valence electrons. The summed E-state index contributed by atoms with van der Waals surface area (Å²) in [7, 11) is -3.64. The number of aromatic nitrogens is 3. The molecule has 8 heteroatoms. The van der Waals surface area contributed by atoms with Crippen molar-refractivity contribution in [2.24, 2.45) is 0 Å². The molecule has 2 heterocycles. The van der Waals surface area contributed by atoms with E-state index in [1.807, 2.05) is 12.3 Å². The summed E-state index contributed by atoms with van der Waals surface area (Å²) in [6.07, 6.45) is 0. The highest BCUT2D eigenvalue weighted by atomic mass is 32.2. The molecule has 0 saturated carbocycles. The number of anilines is 1. The Morgan fingerprint density at radius 2 is 2.00 bits per heavy atom. The van der Waals surface area contributed by atoms with E-state index in [1.165, 1.54) is 23.5 Å². The first-order valence-electron chi connectivity index (χ1n) is 5.45. The van der Waals surface area contributed by atoms with Gasteiger partial charge in [0.1, 0.15) is 0 Å². The molecule has 0 spiro atoms. The van der Waals surface area contributed by atoms with Crippen LogP contribution in [0.25, 0.3) is 4.96 Å². The summed E-state index contributed by atoms with van der Waals surface area (Å²) in [5.74, 6) is 0.0822. The van der Waals surface area contributed by atoms with Crippen LogP contribution < -0.4 is 4.72 Å². The van der Waals surface area contributed by atoms with Crippen LogP contribution in [0, 0.1) is 6.92 Å². The summed E-state index contributed by atoms with van der Waals surface area (Å²) in [5, 5.41) is 6.02. The third-order valence-corrected chi connectivity index (χ3v) is 4.80. The molecule has 19 heavy (non-hydrogen) atoms. The predicted octanol–water partition coefficient (Wildman–Crippen LogP) is 1.90. The zero-order valence-electron chi connectivity index (χ0n) is 9.94. The zero-order chi connectivity index (χ0) is 13.5. The molecular weight excluding hydrogens is 284 g/mol. The molecule has 0 atom stereocenters. The highest BCUT2D eigenvalue weighted by Crippen LogP contribution is 2.17. The second kappa shape index (κ2) is 4.32. The summed E-state index contributed by atoms with van der Waals surface area (Å²) in [4.78, 5) is 4.97. The van der Waals surface area contributed by atoms with Crippen LogP contribution in [0.3, 0.4) is 0 Å². The van der Waals surface area contributed by atoms with E-state index in [-0.39, 0.29) is 10.8 Å². The van der Waals surface area contributed by atoms with Gasteiger partial charge >= 0.3 is 0 Å². The van der Waals surface area contributed by atoms with Gasteiger partial charge in [0, 0.05) is 5.38 Å². The molecule has 0 saturated heterocycles. The maximum atomic E-state index is 12.1. The average Bonchev–Trinajstić information content (AvgIpc) is 2.92. The van der Waals surface area contributed by atoms with Crippen molar-refractivity contribution in [1.82, 2.24) is 14.6 Å². The minimum atomic E-state index is -3.64. The quantitative estimate of drug-likeness (QED) is 0.800. The van der Waals surface area contributed by atoms with Crippen LogP contribution in [0.1, 0.15) is 5.69 Å². The van der Waals surface area contributed by atoms with Gasteiger partial charge in [0.2, 0.25) is 4.96 Å². The molecule has 3 aromatic rings. The van der Waals surface area contributed by atoms with Gasteiger partial charge in [-0.1, -0.05) is 18.2 Å². The highest BCUT2D eigenvalue weighted by Gasteiger charge is 2.17. The van der Waals surface area contributed by atoms with Crippen molar-refractivity contribution in [3.63, 3.8) is 0 Å². The number of fused-ring (bicyclic) bond motifs is 1. The molecule has 6 nitrogen and oxygen atoms in total.